The quantitative estimate of drug-likeness (QED) is 0.730. The summed E-state index contributed by atoms with van der Waals surface area (Å²) in [7, 11) is 0. The van der Waals surface area contributed by atoms with Gasteiger partial charge in [0.1, 0.15) is 5.82 Å². The number of aromatic nitrogens is 2. The number of imidazole rings is 1. The van der Waals surface area contributed by atoms with Crippen molar-refractivity contribution in [1.82, 2.24) is 19.8 Å². The lowest BCUT2D eigenvalue weighted by atomic mass is 10.0. The Morgan fingerprint density at radius 2 is 1.83 bits per heavy atom. The zero-order valence-corrected chi connectivity index (χ0v) is 18.2. The van der Waals surface area contributed by atoms with Crippen molar-refractivity contribution in [3.8, 4) is 0 Å². The molecule has 1 aromatic carbocycles. The van der Waals surface area contributed by atoms with Crippen LogP contribution in [-0.2, 0) is 17.8 Å². The molecule has 0 spiro atoms. The molecule has 1 aliphatic rings. The van der Waals surface area contributed by atoms with E-state index in [1.165, 1.54) is 36.8 Å². The summed E-state index contributed by atoms with van der Waals surface area (Å²) in [6, 6.07) is 9.04. The molecular weight excluding hydrogens is 360 g/mol. The number of amides is 1. The molecule has 3 rings (SSSR count). The van der Waals surface area contributed by atoms with Gasteiger partial charge < -0.3 is 9.88 Å². The Labute approximate surface area is 175 Å². The molecule has 0 bridgehead atoms. The van der Waals surface area contributed by atoms with E-state index in [1.54, 1.807) is 0 Å². The van der Waals surface area contributed by atoms with Gasteiger partial charge in [0.15, 0.2) is 0 Å². The molecule has 0 radical (unpaired) electrons. The molecule has 5 nitrogen and oxygen atoms in total. The summed E-state index contributed by atoms with van der Waals surface area (Å²) >= 11 is 0. The van der Waals surface area contributed by atoms with Crippen LogP contribution in [0.5, 0.6) is 0 Å². The van der Waals surface area contributed by atoms with Crippen LogP contribution in [0.3, 0.4) is 0 Å². The highest BCUT2D eigenvalue weighted by Crippen LogP contribution is 2.24. The Morgan fingerprint density at radius 3 is 2.48 bits per heavy atom. The van der Waals surface area contributed by atoms with E-state index in [0.29, 0.717) is 13.1 Å². The van der Waals surface area contributed by atoms with Gasteiger partial charge in [-0.2, -0.15) is 0 Å². The molecule has 2 unspecified atom stereocenters. The van der Waals surface area contributed by atoms with Crippen LogP contribution in [0.15, 0.2) is 36.7 Å². The van der Waals surface area contributed by atoms with E-state index in [4.69, 9.17) is 0 Å². The summed E-state index contributed by atoms with van der Waals surface area (Å²) < 4.78 is 2.09. The van der Waals surface area contributed by atoms with E-state index in [2.05, 4.69) is 57.9 Å². The van der Waals surface area contributed by atoms with Crippen LogP contribution >= 0.6 is 0 Å². The first kappa shape index (κ1) is 21.6. The summed E-state index contributed by atoms with van der Waals surface area (Å²) in [5.74, 6) is 1.07. The number of rotatable bonds is 8. The zero-order chi connectivity index (χ0) is 20.6. The van der Waals surface area contributed by atoms with Crippen molar-refractivity contribution in [2.75, 3.05) is 19.6 Å². The maximum Gasteiger partial charge on any atom is 0.224 e. The average Bonchev–Trinajstić information content (AvgIpc) is 3.00. The molecule has 29 heavy (non-hydrogen) atoms. The Bertz CT molecular complexity index is 759. The molecule has 1 aromatic heterocycles. The van der Waals surface area contributed by atoms with Gasteiger partial charge in [-0.05, 0) is 38.4 Å². The number of nitrogens with one attached hydrogen (secondary N) is 1. The van der Waals surface area contributed by atoms with Gasteiger partial charge in [0, 0.05) is 31.9 Å². The lowest BCUT2D eigenvalue weighted by Gasteiger charge is -2.31. The van der Waals surface area contributed by atoms with Crippen molar-refractivity contribution in [3.63, 3.8) is 0 Å². The number of hydrogen-bond donors (Lipinski definition) is 1. The molecule has 1 amide bonds. The third-order valence-corrected chi connectivity index (χ3v) is 6.05. The summed E-state index contributed by atoms with van der Waals surface area (Å²) in [4.78, 5) is 19.8. The molecule has 1 fully saturated rings. The predicted molar refractivity (Wildman–Crippen MR) is 118 cm³/mol. The summed E-state index contributed by atoms with van der Waals surface area (Å²) in [5.41, 5.74) is 2.57. The molecule has 1 aliphatic heterocycles. The third-order valence-electron chi connectivity index (χ3n) is 6.05. The first-order valence-corrected chi connectivity index (χ1v) is 11.2. The molecule has 1 N–H and O–H groups in total. The monoisotopic (exact) mass is 396 g/mol. The van der Waals surface area contributed by atoms with Crippen molar-refractivity contribution in [2.24, 2.45) is 5.92 Å². The van der Waals surface area contributed by atoms with E-state index >= 15 is 0 Å². The number of likely N-dealkylation sites (tertiary alicyclic amines) is 1. The van der Waals surface area contributed by atoms with Crippen LogP contribution in [-0.4, -0.2) is 40.0 Å². The number of benzene rings is 1. The van der Waals surface area contributed by atoms with Crippen molar-refractivity contribution >= 4 is 5.91 Å². The van der Waals surface area contributed by atoms with Crippen LogP contribution in [0.4, 0.5) is 0 Å². The number of carbonyl (C=O) groups is 1. The molecule has 0 saturated carbocycles. The normalized spacial score (nSPS) is 17.5. The van der Waals surface area contributed by atoms with Gasteiger partial charge in [-0.3, -0.25) is 9.69 Å². The first-order chi connectivity index (χ1) is 14.1. The largest absolute Gasteiger partial charge is 0.354 e. The van der Waals surface area contributed by atoms with E-state index in [0.717, 1.165) is 25.3 Å². The van der Waals surface area contributed by atoms with Gasteiger partial charge in [0.05, 0.1) is 12.0 Å². The standard InChI is InChI=1S/C24H36N4O/c1-4-23-25-13-16-28(23)18-20(3)24(29)26-17-22(21-11-9-19(2)10-12-21)27-14-7-5-6-8-15-27/h9-13,16,20,22H,4-8,14-15,17-18H2,1-3H3,(H,26,29). The van der Waals surface area contributed by atoms with E-state index in [9.17, 15) is 4.79 Å². The highest BCUT2D eigenvalue weighted by atomic mass is 16.1. The van der Waals surface area contributed by atoms with Crippen molar-refractivity contribution in [2.45, 2.75) is 65.5 Å². The van der Waals surface area contributed by atoms with Crippen LogP contribution in [0.2, 0.25) is 0 Å². The minimum atomic E-state index is -0.0858. The van der Waals surface area contributed by atoms with Crippen LogP contribution in [0.1, 0.15) is 62.5 Å². The van der Waals surface area contributed by atoms with Gasteiger partial charge in [0.2, 0.25) is 5.91 Å². The van der Waals surface area contributed by atoms with Crippen molar-refractivity contribution < 1.29 is 4.79 Å². The Kier molecular flexibility index (Phi) is 7.87. The van der Waals surface area contributed by atoms with E-state index in [1.807, 2.05) is 19.3 Å². The summed E-state index contributed by atoms with van der Waals surface area (Å²) in [6.07, 6.45) is 9.77. The molecule has 2 heterocycles. The van der Waals surface area contributed by atoms with Gasteiger partial charge in [-0.25, -0.2) is 4.98 Å². The highest BCUT2D eigenvalue weighted by molar-refractivity contribution is 5.78. The third kappa shape index (κ3) is 5.92. The molecule has 0 aliphatic carbocycles. The second-order valence-corrected chi connectivity index (χ2v) is 8.37. The van der Waals surface area contributed by atoms with Crippen molar-refractivity contribution in [3.05, 3.63) is 53.6 Å². The second kappa shape index (κ2) is 10.6. The van der Waals surface area contributed by atoms with Gasteiger partial charge in [0.25, 0.3) is 0 Å². The topological polar surface area (TPSA) is 50.2 Å². The van der Waals surface area contributed by atoms with Crippen LogP contribution < -0.4 is 5.32 Å². The summed E-state index contributed by atoms with van der Waals surface area (Å²) in [6.45, 7) is 9.77. The molecule has 1 saturated heterocycles. The van der Waals surface area contributed by atoms with Crippen molar-refractivity contribution in [1.29, 1.82) is 0 Å². The Hall–Kier alpha value is -2.14. The van der Waals surface area contributed by atoms with Crippen LogP contribution in [0.25, 0.3) is 0 Å². The fourth-order valence-electron chi connectivity index (χ4n) is 4.22. The fourth-order valence-corrected chi connectivity index (χ4v) is 4.22. The maximum absolute atomic E-state index is 12.8. The number of hydrogen-bond acceptors (Lipinski definition) is 3. The molecule has 5 heteroatoms. The minimum Gasteiger partial charge on any atom is -0.354 e. The van der Waals surface area contributed by atoms with Gasteiger partial charge in [-0.15, -0.1) is 0 Å². The Balaban J connectivity index is 1.65. The molecule has 2 aromatic rings. The lowest BCUT2D eigenvalue weighted by molar-refractivity contribution is -0.125. The zero-order valence-electron chi connectivity index (χ0n) is 18.2. The predicted octanol–water partition coefficient (Wildman–Crippen LogP) is 4.12. The van der Waals surface area contributed by atoms with Crippen LogP contribution in [0, 0.1) is 12.8 Å². The summed E-state index contributed by atoms with van der Waals surface area (Å²) in [5, 5.41) is 3.25. The Morgan fingerprint density at radius 1 is 1.14 bits per heavy atom. The molecular formula is C24H36N4O. The SMILES string of the molecule is CCc1nccn1CC(C)C(=O)NCC(c1ccc(C)cc1)N1CCCCCC1. The van der Waals surface area contributed by atoms with E-state index < -0.39 is 0 Å². The molecule has 2 atom stereocenters. The maximum atomic E-state index is 12.8. The second-order valence-electron chi connectivity index (χ2n) is 8.37. The van der Waals surface area contributed by atoms with E-state index in [-0.39, 0.29) is 17.9 Å². The number of nitrogens with zero attached hydrogens (tertiary/aromatic N) is 3. The average molecular weight is 397 g/mol. The lowest BCUT2D eigenvalue weighted by Crippen LogP contribution is -2.40. The first-order valence-electron chi connectivity index (χ1n) is 11.2. The highest BCUT2D eigenvalue weighted by Gasteiger charge is 2.23. The smallest absolute Gasteiger partial charge is 0.224 e. The molecule has 158 valence electrons. The number of carbonyl (C=O) groups excluding carboxylic acids is 1. The minimum absolute atomic E-state index is 0.0858. The van der Waals surface area contributed by atoms with Gasteiger partial charge in [-0.1, -0.05) is 56.5 Å². The number of aryl methyl sites for hydroxylation is 2. The van der Waals surface area contributed by atoms with Gasteiger partial charge >= 0.3 is 0 Å². The fraction of sp³-hybridized carbons (Fsp3) is 0.583.